The first-order valence-corrected chi connectivity index (χ1v) is 8.59. The molecule has 0 radical (unpaired) electrons. The Bertz CT molecular complexity index is 716. The number of nitrogens with zero attached hydrogens (tertiary/aromatic N) is 2. The fourth-order valence-electron chi connectivity index (χ4n) is 3.33. The molecule has 118 valence electrons. The van der Waals surface area contributed by atoms with Crippen molar-refractivity contribution in [2.75, 3.05) is 6.54 Å². The van der Waals surface area contributed by atoms with Crippen LogP contribution in [0.2, 0.25) is 0 Å². The molecule has 3 amide bonds. The van der Waals surface area contributed by atoms with Gasteiger partial charge in [-0.15, -0.1) is 0 Å². The van der Waals surface area contributed by atoms with Crippen molar-refractivity contribution in [3.8, 4) is 0 Å². The average molecular weight is 328 g/mol. The second-order valence-corrected chi connectivity index (χ2v) is 7.14. The van der Waals surface area contributed by atoms with Crippen LogP contribution in [0.15, 0.2) is 41.4 Å². The molecule has 4 rings (SSSR count). The Morgan fingerprint density at radius 3 is 2.61 bits per heavy atom. The quantitative estimate of drug-likeness (QED) is 0.793. The molecule has 1 aromatic rings. The topological polar surface area (TPSA) is 57.7 Å². The van der Waals surface area contributed by atoms with Gasteiger partial charge in [0.25, 0.3) is 0 Å². The van der Waals surface area contributed by atoms with E-state index in [2.05, 4.69) is 0 Å². The average Bonchev–Trinajstić information content (AvgIpc) is 3.20. The van der Waals surface area contributed by atoms with Crippen LogP contribution in [0.5, 0.6) is 0 Å². The Hall–Kier alpha value is -2.08. The van der Waals surface area contributed by atoms with Gasteiger partial charge in [0.1, 0.15) is 5.25 Å². The highest BCUT2D eigenvalue weighted by Crippen LogP contribution is 2.44. The van der Waals surface area contributed by atoms with Crippen molar-refractivity contribution in [1.82, 2.24) is 9.80 Å². The van der Waals surface area contributed by atoms with Gasteiger partial charge in [-0.3, -0.25) is 19.3 Å². The van der Waals surface area contributed by atoms with Gasteiger partial charge >= 0.3 is 0 Å². The van der Waals surface area contributed by atoms with Crippen LogP contribution in [0.3, 0.4) is 0 Å². The summed E-state index contributed by atoms with van der Waals surface area (Å²) in [5.74, 6) is -0.952. The second kappa shape index (κ2) is 5.53. The molecule has 5 nitrogen and oxygen atoms in total. The van der Waals surface area contributed by atoms with E-state index in [9.17, 15) is 14.4 Å². The van der Waals surface area contributed by atoms with Crippen LogP contribution < -0.4 is 0 Å². The predicted molar refractivity (Wildman–Crippen MR) is 85.9 cm³/mol. The molecule has 23 heavy (non-hydrogen) atoms. The standard InChI is InChI=1S/C17H16N2O3S/c20-13-9-12(15-17(22)18-8-4-7-14(18)23-15)16(21)19(13)10-11-5-2-1-3-6-11/h1-3,5-7,12,15H,4,8-10H2. The van der Waals surface area contributed by atoms with Gasteiger partial charge in [-0.05, 0) is 12.0 Å². The lowest BCUT2D eigenvalue weighted by atomic mass is 10.0. The van der Waals surface area contributed by atoms with Crippen LogP contribution in [0, 0.1) is 5.92 Å². The molecule has 2 fully saturated rings. The molecule has 3 heterocycles. The minimum absolute atomic E-state index is 0.0218. The van der Waals surface area contributed by atoms with E-state index in [0.717, 1.165) is 17.0 Å². The maximum Gasteiger partial charge on any atom is 0.241 e. The van der Waals surface area contributed by atoms with Crippen molar-refractivity contribution < 1.29 is 14.4 Å². The normalized spacial score (nSPS) is 27.0. The number of hydrogen-bond acceptors (Lipinski definition) is 4. The number of hydrogen-bond donors (Lipinski definition) is 0. The summed E-state index contributed by atoms with van der Waals surface area (Å²) in [6, 6.07) is 9.45. The summed E-state index contributed by atoms with van der Waals surface area (Å²) in [7, 11) is 0. The number of amides is 3. The van der Waals surface area contributed by atoms with Crippen molar-refractivity contribution in [3.63, 3.8) is 0 Å². The SMILES string of the molecule is O=C1CC(C2SC3=CCCN3C2=O)C(=O)N1Cc1ccccc1. The third kappa shape index (κ3) is 2.37. The number of carbonyl (C=O) groups excluding carboxylic acids is 3. The van der Waals surface area contributed by atoms with Gasteiger partial charge in [-0.1, -0.05) is 48.2 Å². The summed E-state index contributed by atoms with van der Waals surface area (Å²) in [5.41, 5.74) is 0.920. The molecule has 1 aromatic carbocycles. The van der Waals surface area contributed by atoms with Gasteiger partial charge < -0.3 is 4.90 Å². The minimum atomic E-state index is -0.532. The second-order valence-electron chi connectivity index (χ2n) is 5.97. The zero-order valence-corrected chi connectivity index (χ0v) is 13.3. The minimum Gasteiger partial charge on any atom is -0.306 e. The van der Waals surface area contributed by atoms with Gasteiger partial charge in [0.05, 0.1) is 17.5 Å². The highest BCUT2D eigenvalue weighted by molar-refractivity contribution is 8.04. The monoisotopic (exact) mass is 328 g/mol. The third-order valence-electron chi connectivity index (χ3n) is 4.52. The molecule has 3 aliphatic rings. The molecule has 6 heteroatoms. The molecule has 0 N–H and O–H groups in total. The third-order valence-corrected chi connectivity index (χ3v) is 5.94. The number of thioether (sulfide) groups is 1. The van der Waals surface area contributed by atoms with Crippen molar-refractivity contribution >= 4 is 29.5 Å². The zero-order valence-electron chi connectivity index (χ0n) is 12.5. The molecule has 2 unspecified atom stereocenters. The fraction of sp³-hybridized carbons (Fsp3) is 0.353. The lowest BCUT2D eigenvalue weighted by Crippen LogP contribution is -2.37. The van der Waals surface area contributed by atoms with Crippen LogP contribution >= 0.6 is 11.8 Å². The predicted octanol–water partition coefficient (Wildman–Crippen LogP) is 1.75. The Labute approximate surface area is 138 Å². The van der Waals surface area contributed by atoms with E-state index >= 15 is 0 Å². The molecular weight excluding hydrogens is 312 g/mol. The molecule has 2 atom stereocenters. The van der Waals surface area contributed by atoms with E-state index in [4.69, 9.17) is 0 Å². The van der Waals surface area contributed by atoms with Gasteiger partial charge in [-0.2, -0.15) is 0 Å². The first-order valence-electron chi connectivity index (χ1n) is 7.71. The summed E-state index contributed by atoms with van der Waals surface area (Å²) < 4.78 is 0. The molecule has 0 aliphatic carbocycles. The number of likely N-dealkylation sites (tertiary alicyclic amines) is 1. The summed E-state index contributed by atoms with van der Waals surface area (Å²) in [5, 5.41) is 0.500. The van der Waals surface area contributed by atoms with Crippen LogP contribution in [0.4, 0.5) is 0 Å². The van der Waals surface area contributed by atoms with Gasteiger partial charge in [0.2, 0.25) is 17.7 Å². The smallest absolute Gasteiger partial charge is 0.241 e. The van der Waals surface area contributed by atoms with Gasteiger partial charge in [-0.25, -0.2) is 0 Å². The summed E-state index contributed by atoms with van der Waals surface area (Å²) in [6.07, 6.45) is 3.04. The first kappa shape index (κ1) is 14.5. The van der Waals surface area contributed by atoms with E-state index in [-0.39, 0.29) is 30.7 Å². The Kier molecular flexibility index (Phi) is 3.49. The van der Waals surface area contributed by atoms with Crippen LogP contribution in [-0.2, 0) is 20.9 Å². The number of rotatable bonds is 3. The summed E-state index contributed by atoms with van der Waals surface area (Å²) in [6.45, 7) is 0.979. The van der Waals surface area contributed by atoms with Crippen LogP contribution in [0.1, 0.15) is 18.4 Å². The lowest BCUT2D eigenvalue weighted by Gasteiger charge is -2.17. The van der Waals surface area contributed by atoms with Crippen molar-refractivity contribution in [1.29, 1.82) is 0 Å². The molecule has 0 saturated carbocycles. The largest absolute Gasteiger partial charge is 0.306 e. The molecule has 3 aliphatic heterocycles. The fourth-order valence-corrected chi connectivity index (χ4v) is 4.72. The zero-order chi connectivity index (χ0) is 16.0. The van der Waals surface area contributed by atoms with Crippen molar-refractivity contribution in [2.45, 2.75) is 24.6 Å². The van der Waals surface area contributed by atoms with Crippen molar-refractivity contribution in [2.24, 2.45) is 5.92 Å². The lowest BCUT2D eigenvalue weighted by molar-refractivity contribution is -0.141. The number of benzene rings is 1. The summed E-state index contributed by atoms with van der Waals surface area (Å²) in [4.78, 5) is 40.5. The maximum absolute atomic E-state index is 12.7. The Morgan fingerprint density at radius 2 is 1.87 bits per heavy atom. The van der Waals surface area contributed by atoms with Crippen LogP contribution in [-0.4, -0.2) is 39.3 Å². The highest BCUT2D eigenvalue weighted by Gasteiger charge is 2.51. The van der Waals surface area contributed by atoms with E-state index < -0.39 is 11.2 Å². The van der Waals surface area contributed by atoms with E-state index in [0.29, 0.717) is 6.54 Å². The highest BCUT2D eigenvalue weighted by atomic mass is 32.2. The van der Waals surface area contributed by atoms with E-state index in [1.54, 1.807) is 4.90 Å². The molecule has 0 bridgehead atoms. The number of fused-ring (bicyclic) bond motifs is 1. The maximum atomic E-state index is 12.7. The first-order chi connectivity index (χ1) is 11.1. The number of imide groups is 1. The Morgan fingerprint density at radius 1 is 1.09 bits per heavy atom. The van der Waals surface area contributed by atoms with Crippen molar-refractivity contribution in [3.05, 3.63) is 47.0 Å². The molecule has 2 saturated heterocycles. The summed E-state index contributed by atoms with van der Waals surface area (Å²) >= 11 is 1.44. The molecular formula is C17H16N2O3S. The Balaban J connectivity index is 1.53. The van der Waals surface area contributed by atoms with E-state index in [1.807, 2.05) is 36.4 Å². The number of carbonyl (C=O) groups is 3. The molecule has 0 aromatic heterocycles. The van der Waals surface area contributed by atoms with Crippen LogP contribution in [0.25, 0.3) is 0 Å². The molecule has 0 spiro atoms. The van der Waals surface area contributed by atoms with Gasteiger partial charge in [0.15, 0.2) is 0 Å². The van der Waals surface area contributed by atoms with Gasteiger partial charge in [0, 0.05) is 13.0 Å². The van der Waals surface area contributed by atoms with E-state index in [1.165, 1.54) is 16.7 Å².